The van der Waals surface area contributed by atoms with E-state index in [0.29, 0.717) is 37.2 Å². The van der Waals surface area contributed by atoms with Gasteiger partial charge in [0.15, 0.2) is 12.6 Å². The van der Waals surface area contributed by atoms with Crippen molar-refractivity contribution in [2.24, 2.45) is 0 Å². The molecule has 8 N–H and O–H groups in total. The maximum absolute atomic E-state index is 12.1. The predicted molar refractivity (Wildman–Crippen MR) is 165 cm³/mol. The van der Waals surface area contributed by atoms with Crippen LogP contribution in [-0.2, 0) is 38.1 Å². The molecule has 2 amide bonds. The van der Waals surface area contributed by atoms with Crippen LogP contribution in [0.3, 0.4) is 0 Å². The molecule has 0 aromatic rings. The summed E-state index contributed by atoms with van der Waals surface area (Å²) in [6.45, 7) is 2.83. The molecule has 2 fully saturated rings. The van der Waals surface area contributed by atoms with Gasteiger partial charge in [-0.3, -0.25) is 19.2 Å². The monoisotopic (exact) mass is 700 g/mol. The van der Waals surface area contributed by atoms with Gasteiger partial charge in [-0.15, -0.1) is 0 Å². The van der Waals surface area contributed by atoms with E-state index in [-0.39, 0.29) is 38.9 Å². The van der Waals surface area contributed by atoms with Crippen LogP contribution >= 0.6 is 21.6 Å². The number of ether oxygens (including phenoxy) is 4. The molecular weight excluding hydrogens is 652 g/mol. The van der Waals surface area contributed by atoms with Crippen LogP contribution in [0.1, 0.15) is 65.2 Å². The van der Waals surface area contributed by atoms with Crippen molar-refractivity contribution in [1.82, 2.24) is 10.6 Å². The predicted octanol–water partition coefficient (Wildman–Crippen LogP) is -1.54. The summed E-state index contributed by atoms with van der Waals surface area (Å²) in [5.41, 5.74) is 0. The molecule has 0 spiro atoms. The summed E-state index contributed by atoms with van der Waals surface area (Å²) < 4.78 is 20.7. The van der Waals surface area contributed by atoms with Gasteiger partial charge in [0.1, 0.15) is 61.9 Å². The molecule has 0 saturated carbocycles. The Morgan fingerprint density at radius 1 is 0.609 bits per heavy atom. The first-order chi connectivity index (χ1) is 21.9. The summed E-state index contributed by atoms with van der Waals surface area (Å²) in [5.74, 6) is -0.662. The van der Waals surface area contributed by atoms with Crippen LogP contribution in [0, 0.1) is 0 Å². The number of aliphatic hydroxyl groups excluding tert-OH is 6. The van der Waals surface area contributed by atoms with Crippen molar-refractivity contribution in [3.8, 4) is 0 Å². The molecule has 0 bridgehead atoms. The lowest BCUT2D eigenvalue weighted by atomic mass is 9.97. The Bertz CT molecular complexity index is 891. The Kier molecular flexibility index (Phi) is 18.7. The van der Waals surface area contributed by atoms with Crippen LogP contribution in [0.5, 0.6) is 0 Å². The van der Waals surface area contributed by atoms with Crippen molar-refractivity contribution in [2.75, 3.05) is 24.7 Å². The highest BCUT2D eigenvalue weighted by Crippen LogP contribution is 2.25. The van der Waals surface area contributed by atoms with E-state index in [1.165, 1.54) is 21.6 Å². The van der Waals surface area contributed by atoms with E-state index in [9.17, 15) is 49.8 Å². The van der Waals surface area contributed by atoms with Gasteiger partial charge in [0, 0.05) is 37.2 Å². The van der Waals surface area contributed by atoms with Gasteiger partial charge in [0.05, 0.1) is 0 Å². The second-order valence-electron chi connectivity index (χ2n) is 11.0. The van der Waals surface area contributed by atoms with Crippen LogP contribution in [-0.4, -0.2) is 140 Å². The SMILES string of the molecule is CCCC(=O)N[C@H]1C(O)O[C@H](COC(=O)CCCSSCCCC(=O)OC[C@H]2OC(O)[C@H](NC(=O)CCC)[C@@H](O)[C@@H]2O)[C@@H](O)[C@@H]1O. The largest absolute Gasteiger partial charge is 0.463 e. The second kappa shape index (κ2) is 21.3. The van der Waals surface area contributed by atoms with E-state index < -0.39 is 85.0 Å². The molecule has 2 heterocycles. The summed E-state index contributed by atoms with van der Waals surface area (Å²) in [4.78, 5) is 47.7. The Labute approximate surface area is 275 Å². The lowest BCUT2D eigenvalue weighted by molar-refractivity contribution is -0.255. The molecule has 2 saturated heterocycles. The summed E-state index contributed by atoms with van der Waals surface area (Å²) in [6.07, 6.45) is -8.82. The number of nitrogens with one attached hydrogen (secondary N) is 2. The number of amides is 2. The van der Waals surface area contributed by atoms with E-state index in [1.54, 1.807) is 13.8 Å². The van der Waals surface area contributed by atoms with Gasteiger partial charge < -0.3 is 60.2 Å². The molecule has 0 aliphatic carbocycles. The normalized spacial score (nSPS) is 31.1. The van der Waals surface area contributed by atoms with E-state index in [4.69, 9.17) is 18.9 Å². The molecule has 2 unspecified atom stereocenters. The minimum Gasteiger partial charge on any atom is -0.463 e. The molecule has 0 radical (unpaired) electrons. The van der Waals surface area contributed by atoms with Gasteiger partial charge in [-0.2, -0.15) is 0 Å². The van der Waals surface area contributed by atoms with E-state index >= 15 is 0 Å². The number of hydrogen-bond donors (Lipinski definition) is 8. The van der Waals surface area contributed by atoms with Crippen LogP contribution in [0.25, 0.3) is 0 Å². The van der Waals surface area contributed by atoms with Crippen LogP contribution in [0.4, 0.5) is 0 Å². The molecule has 10 atom stereocenters. The van der Waals surface area contributed by atoms with E-state index in [0.717, 1.165) is 0 Å². The van der Waals surface area contributed by atoms with Crippen LogP contribution in [0.2, 0.25) is 0 Å². The van der Waals surface area contributed by atoms with Gasteiger partial charge >= 0.3 is 11.9 Å². The zero-order chi connectivity index (χ0) is 34.2. The quantitative estimate of drug-likeness (QED) is 0.0432. The Hall–Kier alpha value is -1.74. The maximum atomic E-state index is 12.1. The first kappa shape index (κ1) is 40.4. The zero-order valence-corrected chi connectivity index (χ0v) is 27.7. The third kappa shape index (κ3) is 13.4. The molecule has 0 aromatic heterocycles. The number of hydrogen-bond acceptors (Lipinski definition) is 16. The number of aliphatic hydroxyl groups is 6. The third-order valence-electron chi connectivity index (χ3n) is 7.17. The lowest BCUT2D eigenvalue weighted by Crippen LogP contribution is -2.64. The fourth-order valence-corrected chi connectivity index (χ4v) is 6.79. The molecule has 2 aliphatic rings. The molecule has 46 heavy (non-hydrogen) atoms. The second-order valence-corrected chi connectivity index (χ2v) is 13.7. The molecule has 16 nitrogen and oxygen atoms in total. The average molecular weight is 701 g/mol. The van der Waals surface area contributed by atoms with Crippen molar-refractivity contribution in [3.05, 3.63) is 0 Å². The Morgan fingerprint density at radius 3 is 1.33 bits per heavy atom. The molecule has 2 rings (SSSR count). The zero-order valence-electron chi connectivity index (χ0n) is 26.0. The standard InChI is InChI=1S/C28H48N2O14S2/c1-3-7-17(31)29-21-25(37)23(35)15(43-27(21)39)13-41-19(33)9-5-11-45-46-12-6-10-20(34)42-14-16-24(36)26(38)22(28(40)44-16)30-18(32)8-4-2/h15-16,21-28,35-40H,3-14H2,1-2H3,(H,29,31)(H,30,32)/t15-,16-,21-,22-,23-,24-,25-,26-,27?,28?/m1/s1. The van der Waals surface area contributed by atoms with Crippen molar-refractivity contribution < 1.29 is 68.8 Å². The van der Waals surface area contributed by atoms with Gasteiger partial charge in [0.25, 0.3) is 0 Å². The molecule has 266 valence electrons. The first-order valence-corrected chi connectivity index (χ1v) is 17.9. The highest BCUT2D eigenvalue weighted by Gasteiger charge is 2.46. The van der Waals surface area contributed by atoms with Gasteiger partial charge in [-0.05, 0) is 25.7 Å². The Morgan fingerprint density at radius 2 is 0.978 bits per heavy atom. The smallest absolute Gasteiger partial charge is 0.305 e. The van der Waals surface area contributed by atoms with Crippen LogP contribution < -0.4 is 10.6 Å². The summed E-state index contributed by atoms with van der Waals surface area (Å²) in [5, 5.41) is 66.3. The van der Waals surface area contributed by atoms with Crippen molar-refractivity contribution >= 4 is 45.3 Å². The van der Waals surface area contributed by atoms with Crippen molar-refractivity contribution in [1.29, 1.82) is 0 Å². The fourth-order valence-electron chi connectivity index (χ4n) is 4.61. The van der Waals surface area contributed by atoms with Crippen molar-refractivity contribution in [2.45, 2.75) is 127 Å². The first-order valence-electron chi connectivity index (χ1n) is 15.4. The van der Waals surface area contributed by atoms with E-state index in [2.05, 4.69) is 10.6 Å². The van der Waals surface area contributed by atoms with Crippen molar-refractivity contribution in [3.63, 3.8) is 0 Å². The highest BCUT2D eigenvalue weighted by atomic mass is 33.1. The topological polar surface area (TPSA) is 251 Å². The van der Waals surface area contributed by atoms with Gasteiger partial charge in [-0.1, -0.05) is 35.4 Å². The van der Waals surface area contributed by atoms with Gasteiger partial charge in [0.2, 0.25) is 11.8 Å². The Balaban J connectivity index is 1.53. The minimum absolute atomic E-state index is 0.0911. The summed E-state index contributed by atoms with van der Waals surface area (Å²) in [6, 6.07) is -2.42. The third-order valence-corrected chi connectivity index (χ3v) is 9.74. The number of rotatable bonds is 19. The minimum atomic E-state index is -1.58. The fraction of sp³-hybridized carbons (Fsp3) is 0.857. The van der Waals surface area contributed by atoms with Gasteiger partial charge in [-0.25, -0.2) is 0 Å². The number of esters is 2. The molecule has 2 aliphatic heterocycles. The number of carbonyl (C=O) groups is 4. The van der Waals surface area contributed by atoms with E-state index in [1.807, 2.05) is 0 Å². The molecule has 18 heteroatoms. The molecular formula is C28H48N2O14S2. The average Bonchev–Trinajstić information content (AvgIpc) is 3.01. The molecule has 0 aromatic carbocycles. The highest BCUT2D eigenvalue weighted by molar-refractivity contribution is 8.76. The maximum Gasteiger partial charge on any atom is 0.305 e. The summed E-state index contributed by atoms with van der Waals surface area (Å²) >= 11 is 0. The van der Waals surface area contributed by atoms with Crippen LogP contribution in [0.15, 0.2) is 0 Å². The summed E-state index contributed by atoms with van der Waals surface area (Å²) in [7, 11) is 3.00. The number of carbonyl (C=O) groups excluding carboxylic acids is 4. The lowest BCUT2D eigenvalue weighted by Gasteiger charge is -2.40.